The van der Waals surface area contributed by atoms with Crippen LogP contribution < -0.4 is 0 Å². The first kappa shape index (κ1) is 28.7. The third-order valence-corrected chi connectivity index (χ3v) is 7.23. The van der Waals surface area contributed by atoms with Crippen molar-refractivity contribution in [3.63, 3.8) is 0 Å². The maximum absolute atomic E-state index is 2.41. The Morgan fingerprint density at radius 3 is 1.18 bits per heavy atom. The molecule has 0 spiro atoms. The van der Waals surface area contributed by atoms with Crippen molar-refractivity contribution in [3.05, 3.63) is 70.8 Å². The van der Waals surface area contributed by atoms with Crippen molar-refractivity contribution in [3.8, 4) is 0 Å². The lowest BCUT2D eigenvalue weighted by Crippen LogP contribution is -2.25. The predicted octanol–water partition coefficient (Wildman–Crippen LogP) is 10.8. The Morgan fingerprint density at radius 2 is 0.882 bits per heavy atom. The van der Waals surface area contributed by atoms with E-state index < -0.39 is 0 Å². The molecule has 0 fully saturated rings. The molecule has 0 atom stereocenters. The molecule has 0 heteroatoms. The summed E-state index contributed by atoms with van der Waals surface area (Å²) in [6.07, 6.45) is 7.46. The third-order valence-electron chi connectivity index (χ3n) is 7.23. The largest absolute Gasteiger partial charge is 0.0654 e. The van der Waals surface area contributed by atoms with E-state index in [1.807, 2.05) is 0 Å². The molecule has 0 radical (unpaired) electrons. The van der Waals surface area contributed by atoms with Crippen molar-refractivity contribution in [2.75, 3.05) is 0 Å². The highest BCUT2D eigenvalue weighted by Crippen LogP contribution is 2.39. The molecule has 0 N–H and O–H groups in total. The lowest BCUT2D eigenvalue weighted by Gasteiger charge is -2.33. The molecule has 0 heterocycles. The van der Waals surface area contributed by atoms with Crippen molar-refractivity contribution in [1.29, 1.82) is 0 Å². The van der Waals surface area contributed by atoms with Crippen LogP contribution >= 0.6 is 0 Å². The molecule has 2 aromatic rings. The second kappa shape index (κ2) is 11.0. The second-order valence-corrected chi connectivity index (χ2v) is 14.5. The van der Waals surface area contributed by atoms with Crippen LogP contribution in [0.15, 0.2) is 48.5 Å². The molecule has 0 aliphatic heterocycles. The zero-order valence-electron chi connectivity index (χ0n) is 24.4. The first-order valence-corrected chi connectivity index (χ1v) is 13.7. The summed E-state index contributed by atoms with van der Waals surface area (Å²) >= 11 is 0. The van der Waals surface area contributed by atoms with E-state index >= 15 is 0 Å². The van der Waals surface area contributed by atoms with Crippen molar-refractivity contribution >= 4 is 0 Å². The van der Waals surface area contributed by atoms with Crippen molar-refractivity contribution in [2.45, 2.75) is 131 Å². The van der Waals surface area contributed by atoms with Gasteiger partial charge < -0.3 is 0 Å². The van der Waals surface area contributed by atoms with Gasteiger partial charge in [-0.25, -0.2) is 0 Å². The van der Waals surface area contributed by atoms with Crippen LogP contribution in [0.4, 0.5) is 0 Å². The van der Waals surface area contributed by atoms with Gasteiger partial charge in [0.15, 0.2) is 0 Å². The van der Waals surface area contributed by atoms with Gasteiger partial charge in [-0.1, -0.05) is 144 Å². The highest BCUT2D eigenvalue weighted by atomic mass is 14.3. The lowest BCUT2D eigenvalue weighted by atomic mass is 9.71. The van der Waals surface area contributed by atoms with E-state index in [-0.39, 0.29) is 10.8 Å². The van der Waals surface area contributed by atoms with Gasteiger partial charge in [-0.05, 0) is 63.2 Å². The summed E-state index contributed by atoms with van der Waals surface area (Å²) in [7, 11) is 0. The fourth-order valence-electron chi connectivity index (χ4n) is 6.31. The zero-order valence-corrected chi connectivity index (χ0v) is 24.4. The minimum atomic E-state index is 0.189. The molecule has 0 nitrogen and oxygen atoms in total. The van der Waals surface area contributed by atoms with E-state index in [9.17, 15) is 0 Å². The summed E-state index contributed by atoms with van der Waals surface area (Å²) in [4.78, 5) is 0. The van der Waals surface area contributed by atoms with Gasteiger partial charge in [-0.15, -0.1) is 0 Å². The number of hydrogen-bond acceptors (Lipinski definition) is 0. The Kier molecular flexibility index (Phi) is 9.29. The van der Waals surface area contributed by atoms with Gasteiger partial charge in [0.2, 0.25) is 0 Å². The van der Waals surface area contributed by atoms with Crippen LogP contribution in [0.2, 0.25) is 0 Å². The summed E-state index contributed by atoms with van der Waals surface area (Å²) in [6, 6.07) is 19.2. The molecule has 0 amide bonds. The van der Waals surface area contributed by atoms with Gasteiger partial charge in [0, 0.05) is 5.92 Å². The number of unbranched alkanes of at least 4 members (excludes halogenated alkanes) is 2. The van der Waals surface area contributed by atoms with E-state index in [0.29, 0.717) is 16.7 Å². The Labute approximate surface area is 213 Å². The van der Waals surface area contributed by atoms with E-state index in [1.165, 1.54) is 60.8 Å². The predicted molar refractivity (Wildman–Crippen MR) is 153 cm³/mol. The van der Waals surface area contributed by atoms with E-state index in [2.05, 4.69) is 125 Å². The molecular formula is C34H54. The van der Waals surface area contributed by atoms with E-state index in [1.54, 1.807) is 0 Å². The minimum absolute atomic E-state index is 0.189. The summed E-state index contributed by atoms with van der Waals surface area (Å²) in [6.45, 7) is 25.9. The summed E-state index contributed by atoms with van der Waals surface area (Å²) in [5, 5.41) is 0. The summed E-state index contributed by atoms with van der Waals surface area (Å²) in [5.41, 5.74) is 6.88. The van der Waals surface area contributed by atoms with Crippen LogP contribution in [0.1, 0.15) is 143 Å². The third kappa shape index (κ3) is 8.58. The molecule has 0 bridgehead atoms. The molecule has 0 saturated carbocycles. The molecular weight excluding hydrogens is 408 g/mol. The van der Waals surface area contributed by atoms with Crippen LogP contribution in [0.3, 0.4) is 0 Å². The van der Waals surface area contributed by atoms with Crippen LogP contribution in [0, 0.1) is 10.8 Å². The average Bonchev–Trinajstić information content (AvgIpc) is 2.68. The first-order valence-electron chi connectivity index (χ1n) is 13.7. The monoisotopic (exact) mass is 462 g/mol. The van der Waals surface area contributed by atoms with E-state index in [4.69, 9.17) is 0 Å². The van der Waals surface area contributed by atoms with Gasteiger partial charge in [0.1, 0.15) is 0 Å². The van der Waals surface area contributed by atoms with Crippen LogP contribution in [-0.2, 0) is 10.8 Å². The fourth-order valence-corrected chi connectivity index (χ4v) is 6.31. The second-order valence-electron chi connectivity index (χ2n) is 14.5. The summed E-state index contributed by atoms with van der Waals surface area (Å²) in [5.74, 6) is 0.478. The van der Waals surface area contributed by atoms with Crippen LogP contribution in [-0.4, -0.2) is 0 Å². The average molecular weight is 463 g/mol. The Bertz CT molecular complexity index is 792. The first-order chi connectivity index (χ1) is 15.5. The molecule has 0 aliphatic rings. The molecule has 0 aliphatic carbocycles. The fraction of sp³-hybridized carbons (Fsp3) is 0.647. The smallest absolute Gasteiger partial charge is 0.00893 e. The van der Waals surface area contributed by atoms with Gasteiger partial charge in [-0.3, -0.25) is 0 Å². The molecule has 2 aromatic carbocycles. The number of rotatable bonds is 10. The zero-order chi connectivity index (χ0) is 25.8. The molecule has 0 saturated heterocycles. The Morgan fingerprint density at radius 1 is 0.529 bits per heavy atom. The SMILES string of the molecule is CCCCCC(c1ccc(C(C)(C)CC(C)(C)C)cc1)c1ccc(C(C)(C)CC(C)(C)C)cc1. The molecule has 0 unspecified atom stereocenters. The van der Waals surface area contributed by atoms with E-state index in [0.717, 1.165) is 0 Å². The molecule has 190 valence electrons. The highest BCUT2D eigenvalue weighted by molar-refractivity contribution is 5.38. The highest BCUT2D eigenvalue weighted by Gasteiger charge is 2.29. The van der Waals surface area contributed by atoms with Crippen molar-refractivity contribution in [1.82, 2.24) is 0 Å². The Hall–Kier alpha value is -1.56. The van der Waals surface area contributed by atoms with Gasteiger partial charge in [0.05, 0.1) is 0 Å². The molecule has 0 aromatic heterocycles. The maximum Gasteiger partial charge on any atom is 0.00893 e. The van der Waals surface area contributed by atoms with Crippen LogP contribution in [0.5, 0.6) is 0 Å². The number of hydrogen-bond donors (Lipinski definition) is 0. The van der Waals surface area contributed by atoms with Crippen molar-refractivity contribution < 1.29 is 0 Å². The Balaban J connectivity index is 2.32. The van der Waals surface area contributed by atoms with Gasteiger partial charge in [0.25, 0.3) is 0 Å². The maximum atomic E-state index is 2.41. The standard InChI is InChI=1S/C34H54/c1-12-13-14-15-30(26-16-20-28(21-17-26)33(8,9)24-31(2,3)4)27-18-22-29(23-19-27)34(10,11)25-32(5,6)7/h16-23,30H,12-15,24-25H2,1-11H3. The lowest BCUT2D eigenvalue weighted by molar-refractivity contribution is 0.283. The topological polar surface area (TPSA) is 0 Å². The van der Waals surface area contributed by atoms with Gasteiger partial charge >= 0.3 is 0 Å². The summed E-state index contributed by atoms with van der Waals surface area (Å²) < 4.78 is 0. The van der Waals surface area contributed by atoms with Gasteiger partial charge in [-0.2, -0.15) is 0 Å². The van der Waals surface area contributed by atoms with Crippen LogP contribution in [0.25, 0.3) is 0 Å². The normalized spacial score (nSPS) is 13.5. The number of benzene rings is 2. The minimum Gasteiger partial charge on any atom is -0.0654 e. The molecule has 34 heavy (non-hydrogen) atoms. The van der Waals surface area contributed by atoms with Crippen molar-refractivity contribution in [2.24, 2.45) is 10.8 Å². The molecule has 2 rings (SSSR count). The quantitative estimate of drug-likeness (QED) is 0.308.